The molecular formula is C20H19N3O3S. The van der Waals surface area contributed by atoms with E-state index >= 15 is 0 Å². The van der Waals surface area contributed by atoms with Crippen LogP contribution in [0.4, 0.5) is 0 Å². The lowest BCUT2D eigenvalue weighted by atomic mass is 10.2. The summed E-state index contributed by atoms with van der Waals surface area (Å²) in [5.74, 6) is 2.80. The zero-order chi connectivity index (χ0) is 18.8. The van der Waals surface area contributed by atoms with Crippen LogP contribution in [0.5, 0.6) is 5.75 Å². The Labute approximate surface area is 159 Å². The summed E-state index contributed by atoms with van der Waals surface area (Å²) in [7, 11) is 0. The van der Waals surface area contributed by atoms with E-state index in [4.69, 9.17) is 9.15 Å². The lowest BCUT2D eigenvalue weighted by Crippen LogP contribution is -2.23. The molecule has 6 nitrogen and oxygen atoms in total. The summed E-state index contributed by atoms with van der Waals surface area (Å²) in [6.07, 6.45) is 3.85. The standard InChI is InChI=1S/C20H19N3O3S/c1-3-4-11-25-15-9-6-14(7-10-15)18-21-20-23(22-18)19(24)17(27-20)12-16-8-5-13(2)26-16/h5-10,12H,3-4,11H2,1-2H3/b17-12+. The SMILES string of the molecule is CCCCOc1ccc(-c2nc3s/c(=C/c4ccc(C)o4)c(=O)n3n2)cc1. The van der Waals surface area contributed by atoms with Crippen molar-refractivity contribution < 1.29 is 9.15 Å². The highest BCUT2D eigenvalue weighted by atomic mass is 32.1. The quantitative estimate of drug-likeness (QED) is 0.479. The number of furan rings is 1. The van der Waals surface area contributed by atoms with Crippen LogP contribution >= 0.6 is 11.3 Å². The minimum atomic E-state index is -0.192. The number of ether oxygens (including phenoxy) is 1. The molecule has 0 aliphatic carbocycles. The van der Waals surface area contributed by atoms with E-state index in [0.29, 0.717) is 27.7 Å². The third kappa shape index (κ3) is 3.64. The van der Waals surface area contributed by atoms with Gasteiger partial charge in [0.15, 0.2) is 5.82 Å². The molecule has 0 saturated heterocycles. The number of hydrogen-bond donors (Lipinski definition) is 0. The fourth-order valence-electron chi connectivity index (χ4n) is 2.65. The highest BCUT2D eigenvalue weighted by Gasteiger charge is 2.12. The fraction of sp³-hybridized carbons (Fsp3) is 0.250. The van der Waals surface area contributed by atoms with Crippen molar-refractivity contribution in [3.05, 3.63) is 62.8 Å². The van der Waals surface area contributed by atoms with Gasteiger partial charge in [-0.05, 0) is 49.7 Å². The Morgan fingerprint density at radius 1 is 1.22 bits per heavy atom. The first-order chi connectivity index (χ1) is 13.1. The van der Waals surface area contributed by atoms with Crippen LogP contribution < -0.4 is 14.8 Å². The monoisotopic (exact) mass is 381 g/mol. The van der Waals surface area contributed by atoms with Crippen LogP contribution in [0.25, 0.3) is 22.4 Å². The average molecular weight is 381 g/mol. The molecule has 0 radical (unpaired) electrons. The van der Waals surface area contributed by atoms with Crippen LogP contribution in [0.3, 0.4) is 0 Å². The molecule has 0 saturated carbocycles. The third-order valence-electron chi connectivity index (χ3n) is 4.10. The Morgan fingerprint density at radius 2 is 2.04 bits per heavy atom. The van der Waals surface area contributed by atoms with Gasteiger partial charge in [0.2, 0.25) is 4.96 Å². The second-order valence-corrected chi connectivity index (χ2v) is 7.23. The molecule has 4 rings (SSSR count). The van der Waals surface area contributed by atoms with Crippen molar-refractivity contribution >= 4 is 22.4 Å². The summed E-state index contributed by atoms with van der Waals surface area (Å²) in [6.45, 7) is 4.71. The van der Waals surface area contributed by atoms with Gasteiger partial charge < -0.3 is 9.15 Å². The predicted molar refractivity (Wildman–Crippen MR) is 105 cm³/mol. The van der Waals surface area contributed by atoms with Gasteiger partial charge in [0.25, 0.3) is 5.56 Å². The zero-order valence-corrected chi connectivity index (χ0v) is 16.0. The number of aromatic nitrogens is 3. The van der Waals surface area contributed by atoms with Gasteiger partial charge in [-0.1, -0.05) is 24.7 Å². The molecule has 0 bridgehead atoms. The Bertz CT molecular complexity index is 1170. The Hall–Kier alpha value is -2.93. The molecule has 0 atom stereocenters. The Kier molecular flexibility index (Phi) is 4.77. The molecule has 7 heteroatoms. The molecule has 27 heavy (non-hydrogen) atoms. The number of aryl methyl sites for hydroxylation is 1. The van der Waals surface area contributed by atoms with Gasteiger partial charge in [-0.2, -0.15) is 9.50 Å². The number of unbranched alkanes of at least 4 members (excludes halogenated alkanes) is 1. The molecule has 0 aliphatic heterocycles. The van der Waals surface area contributed by atoms with Gasteiger partial charge in [0, 0.05) is 11.6 Å². The van der Waals surface area contributed by atoms with E-state index in [1.165, 1.54) is 15.9 Å². The van der Waals surface area contributed by atoms with Crippen molar-refractivity contribution in [2.24, 2.45) is 0 Å². The van der Waals surface area contributed by atoms with E-state index in [2.05, 4.69) is 17.0 Å². The number of benzene rings is 1. The Balaban J connectivity index is 1.61. The molecule has 138 valence electrons. The maximum atomic E-state index is 12.6. The topological polar surface area (TPSA) is 69.6 Å². The van der Waals surface area contributed by atoms with E-state index in [9.17, 15) is 4.79 Å². The minimum absolute atomic E-state index is 0.192. The van der Waals surface area contributed by atoms with Crippen LogP contribution in [0.2, 0.25) is 0 Å². The largest absolute Gasteiger partial charge is 0.494 e. The smallest absolute Gasteiger partial charge is 0.291 e. The van der Waals surface area contributed by atoms with Gasteiger partial charge in [-0.25, -0.2) is 0 Å². The second kappa shape index (κ2) is 7.36. The first-order valence-electron chi connectivity index (χ1n) is 8.85. The lowest BCUT2D eigenvalue weighted by Gasteiger charge is -2.05. The van der Waals surface area contributed by atoms with Gasteiger partial charge in [-0.15, -0.1) is 5.10 Å². The van der Waals surface area contributed by atoms with E-state index in [0.717, 1.165) is 29.9 Å². The zero-order valence-electron chi connectivity index (χ0n) is 15.1. The van der Waals surface area contributed by atoms with Crippen molar-refractivity contribution in [1.82, 2.24) is 14.6 Å². The van der Waals surface area contributed by atoms with Gasteiger partial charge >= 0.3 is 0 Å². The van der Waals surface area contributed by atoms with Gasteiger partial charge in [0.05, 0.1) is 6.61 Å². The summed E-state index contributed by atoms with van der Waals surface area (Å²) in [5.41, 5.74) is 0.655. The van der Waals surface area contributed by atoms with E-state index in [1.807, 2.05) is 43.3 Å². The second-order valence-electron chi connectivity index (χ2n) is 6.22. The van der Waals surface area contributed by atoms with Gasteiger partial charge in [0.1, 0.15) is 21.8 Å². The molecule has 1 aromatic carbocycles. The van der Waals surface area contributed by atoms with Crippen LogP contribution in [-0.2, 0) is 0 Å². The molecule has 4 aromatic rings. The molecule has 0 unspecified atom stereocenters. The molecule has 3 aromatic heterocycles. The normalized spacial score (nSPS) is 12.1. The first-order valence-corrected chi connectivity index (χ1v) is 9.66. The average Bonchev–Trinajstić information content (AvgIpc) is 3.34. The van der Waals surface area contributed by atoms with E-state index in [1.54, 1.807) is 6.08 Å². The van der Waals surface area contributed by atoms with Crippen LogP contribution in [0, 0.1) is 6.92 Å². The maximum absolute atomic E-state index is 12.6. The third-order valence-corrected chi connectivity index (χ3v) is 5.05. The van der Waals surface area contributed by atoms with Gasteiger partial charge in [-0.3, -0.25) is 4.79 Å². The molecule has 0 N–H and O–H groups in total. The summed E-state index contributed by atoms with van der Waals surface area (Å²) in [6, 6.07) is 11.3. The number of nitrogens with zero attached hydrogens (tertiary/aromatic N) is 3. The van der Waals surface area contributed by atoms with E-state index in [-0.39, 0.29) is 5.56 Å². The fourth-order valence-corrected chi connectivity index (χ4v) is 3.54. The summed E-state index contributed by atoms with van der Waals surface area (Å²) < 4.78 is 13.1. The molecule has 0 aliphatic rings. The number of thiazole rings is 1. The number of hydrogen-bond acceptors (Lipinski definition) is 6. The highest BCUT2D eigenvalue weighted by Crippen LogP contribution is 2.20. The van der Waals surface area contributed by atoms with Crippen molar-refractivity contribution in [2.45, 2.75) is 26.7 Å². The highest BCUT2D eigenvalue weighted by molar-refractivity contribution is 7.15. The lowest BCUT2D eigenvalue weighted by molar-refractivity contribution is 0.309. The molecule has 0 amide bonds. The molecular weight excluding hydrogens is 362 g/mol. The Morgan fingerprint density at radius 3 is 2.70 bits per heavy atom. The van der Waals surface area contributed by atoms with Crippen molar-refractivity contribution in [2.75, 3.05) is 6.61 Å². The van der Waals surface area contributed by atoms with Crippen LogP contribution in [0.1, 0.15) is 31.3 Å². The maximum Gasteiger partial charge on any atom is 0.291 e. The molecule has 3 heterocycles. The predicted octanol–water partition coefficient (Wildman–Crippen LogP) is 3.45. The first kappa shape index (κ1) is 17.5. The summed E-state index contributed by atoms with van der Waals surface area (Å²) in [5, 5.41) is 4.37. The van der Waals surface area contributed by atoms with Crippen LogP contribution in [0.15, 0.2) is 45.6 Å². The summed E-state index contributed by atoms with van der Waals surface area (Å²) in [4.78, 5) is 17.6. The molecule has 0 fully saturated rings. The van der Waals surface area contributed by atoms with Crippen molar-refractivity contribution in [3.63, 3.8) is 0 Å². The van der Waals surface area contributed by atoms with E-state index < -0.39 is 0 Å². The van der Waals surface area contributed by atoms with Crippen molar-refractivity contribution in [3.8, 4) is 17.1 Å². The minimum Gasteiger partial charge on any atom is -0.494 e. The summed E-state index contributed by atoms with van der Waals surface area (Å²) >= 11 is 1.30. The molecule has 0 spiro atoms. The van der Waals surface area contributed by atoms with Crippen LogP contribution in [-0.4, -0.2) is 21.2 Å². The van der Waals surface area contributed by atoms with Crippen molar-refractivity contribution in [1.29, 1.82) is 0 Å². The number of rotatable bonds is 6. The number of fused-ring (bicyclic) bond motifs is 1.